The van der Waals surface area contributed by atoms with Gasteiger partial charge in [0, 0.05) is 44.8 Å². The zero-order chi connectivity index (χ0) is 30.1. The van der Waals surface area contributed by atoms with Gasteiger partial charge in [-0.25, -0.2) is 26.7 Å². The number of carbonyl (C=O) groups is 1. The smallest absolute Gasteiger partial charge is 0.322 e. The van der Waals surface area contributed by atoms with E-state index in [-0.39, 0.29) is 36.7 Å². The molecule has 8 nitrogen and oxygen atoms in total. The molecule has 2 N–H and O–H groups in total. The first-order valence-electron chi connectivity index (χ1n) is 14.1. The van der Waals surface area contributed by atoms with Crippen molar-refractivity contribution in [2.45, 2.75) is 51.7 Å². The number of nitrogens with zero attached hydrogens (tertiary/aromatic N) is 2. The number of urea groups is 1. The average molecular weight is 637 g/mol. The predicted molar refractivity (Wildman–Crippen MR) is 167 cm³/mol. The van der Waals surface area contributed by atoms with Crippen LogP contribution in [0.15, 0.2) is 66.7 Å². The van der Waals surface area contributed by atoms with Crippen LogP contribution in [0.3, 0.4) is 0 Å². The number of sulfonamides is 1. The standard InChI is InChI=1S/C31H38F2N4O4S.ClH/c1-3-4-17-37(31(38)35-30-14-9-25(32)20-29(30)33)26-15-18-36(19-16-26)22-24-7-12-28(13-8-24)41-27-10-5-23(6-11-27)21-34-42(2,39)40;/h5-14,20,26,34H,3-4,15-19,21-22H2,1-2H3,(H,35,38);1H. The molecule has 3 aromatic carbocycles. The largest absolute Gasteiger partial charge is 0.457 e. The van der Waals surface area contributed by atoms with Crippen molar-refractivity contribution in [1.82, 2.24) is 14.5 Å². The minimum Gasteiger partial charge on any atom is -0.457 e. The van der Waals surface area contributed by atoms with Gasteiger partial charge in [-0.1, -0.05) is 37.6 Å². The van der Waals surface area contributed by atoms with Crippen molar-refractivity contribution >= 4 is 34.1 Å². The van der Waals surface area contributed by atoms with E-state index in [9.17, 15) is 22.0 Å². The maximum Gasteiger partial charge on any atom is 0.322 e. The molecule has 0 aromatic heterocycles. The Hall–Kier alpha value is -3.25. The molecule has 1 saturated heterocycles. The Bertz CT molecular complexity index is 1440. The SMILES string of the molecule is CCCCN(C(=O)Nc1ccc(F)cc1F)C1CCN(Cc2ccc(Oc3ccc(CNS(C)(=O)=O)cc3)cc2)CC1.Cl. The van der Waals surface area contributed by atoms with E-state index in [1.54, 1.807) is 17.0 Å². The van der Waals surface area contributed by atoms with Gasteiger partial charge in [0.25, 0.3) is 0 Å². The number of likely N-dealkylation sites (tertiary alicyclic amines) is 1. The van der Waals surface area contributed by atoms with E-state index in [0.29, 0.717) is 18.0 Å². The number of rotatable bonds is 12. The van der Waals surface area contributed by atoms with Gasteiger partial charge in [-0.15, -0.1) is 12.4 Å². The molecule has 234 valence electrons. The molecule has 43 heavy (non-hydrogen) atoms. The van der Waals surface area contributed by atoms with Gasteiger partial charge in [0.2, 0.25) is 10.0 Å². The molecule has 1 heterocycles. The third-order valence-electron chi connectivity index (χ3n) is 7.21. The molecule has 0 aliphatic carbocycles. The summed E-state index contributed by atoms with van der Waals surface area (Å²) < 4.78 is 58.3. The normalized spacial score (nSPS) is 14.1. The lowest BCUT2D eigenvalue weighted by Crippen LogP contribution is -2.49. The lowest BCUT2D eigenvalue weighted by atomic mass is 10.0. The van der Waals surface area contributed by atoms with Gasteiger partial charge in [0.05, 0.1) is 11.9 Å². The van der Waals surface area contributed by atoms with E-state index in [0.717, 1.165) is 74.8 Å². The van der Waals surface area contributed by atoms with Crippen LogP contribution in [-0.2, 0) is 23.1 Å². The van der Waals surface area contributed by atoms with Crippen molar-refractivity contribution in [3.05, 3.63) is 89.5 Å². The van der Waals surface area contributed by atoms with E-state index in [1.807, 2.05) is 36.4 Å². The minimum absolute atomic E-state index is 0. The lowest BCUT2D eigenvalue weighted by molar-refractivity contribution is 0.122. The molecule has 0 spiro atoms. The Kier molecular flexibility index (Phi) is 12.7. The zero-order valence-electron chi connectivity index (χ0n) is 24.4. The Morgan fingerprint density at radius 2 is 1.58 bits per heavy atom. The summed E-state index contributed by atoms with van der Waals surface area (Å²) in [5, 5.41) is 2.63. The summed E-state index contributed by atoms with van der Waals surface area (Å²) in [6.07, 6.45) is 4.52. The summed E-state index contributed by atoms with van der Waals surface area (Å²) in [4.78, 5) is 17.2. The second-order valence-corrected chi connectivity index (χ2v) is 12.4. The van der Waals surface area contributed by atoms with Crippen LogP contribution in [0.25, 0.3) is 0 Å². The number of hydrogen-bond donors (Lipinski definition) is 2. The van der Waals surface area contributed by atoms with Gasteiger partial charge in [-0.2, -0.15) is 0 Å². The molecule has 1 aliphatic heterocycles. The van der Waals surface area contributed by atoms with Gasteiger partial charge in [-0.3, -0.25) is 4.90 Å². The molecule has 3 aromatic rings. The van der Waals surface area contributed by atoms with Crippen molar-refractivity contribution in [3.63, 3.8) is 0 Å². The van der Waals surface area contributed by atoms with Crippen molar-refractivity contribution in [3.8, 4) is 11.5 Å². The van der Waals surface area contributed by atoms with Crippen LogP contribution in [0.2, 0.25) is 0 Å². The summed E-state index contributed by atoms with van der Waals surface area (Å²) in [6.45, 7) is 5.29. The van der Waals surface area contributed by atoms with Crippen molar-refractivity contribution in [2.24, 2.45) is 0 Å². The molecule has 2 amide bonds. The van der Waals surface area contributed by atoms with Crippen LogP contribution >= 0.6 is 12.4 Å². The van der Waals surface area contributed by atoms with Gasteiger partial charge in [0.1, 0.15) is 23.1 Å². The summed E-state index contributed by atoms with van der Waals surface area (Å²) in [6, 6.07) is 18.0. The highest BCUT2D eigenvalue weighted by Crippen LogP contribution is 2.25. The first kappa shape index (κ1) is 34.2. The highest BCUT2D eigenvalue weighted by Gasteiger charge is 2.28. The summed E-state index contributed by atoms with van der Waals surface area (Å²) >= 11 is 0. The molecule has 4 rings (SSSR count). The van der Waals surface area contributed by atoms with E-state index in [2.05, 4.69) is 21.9 Å². The molecular formula is C31H39ClF2N4O4S. The minimum atomic E-state index is -3.25. The summed E-state index contributed by atoms with van der Waals surface area (Å²) in [5.41, 5.74) is 1.96. The van der Waals surface area contributed by atoms with E-state index < -0.39 is 21.7 Å². The third kappa shape index (κ3) is 10.8. The first-order valence-corrected chi connectivity index (χ1v) is 16.0. The van der Waals surface area contributed by atoms with Crippen LogP contribution in [0.5, 0.6) is 11.5 Å². The molecule has 0 radical (unpaired) electrons. The van der Waals surface area contributed by atoms with Crippen LogP contribution in [-0.4, -0.2) is 56.2 Å². The molecule has 1 aliphatic rings. The fraction of sp³-hybridized carbons (Fsp3) is 0.387. The molecule has 12 heteroatoms. The number of hydrogen-bond acceptors (Lipinski definition) is 5. The summed E-state index contributed by atoms with van der Waals surface area (Å²) in [7, 11) is -3.25. The second kappa shape index (κ2) is 16.0. The Morgan fingerprint density at radius 3 is 2.14 bits per heavy atom. The van der Waals surface area contributed by atoms with Crippen molar-refractivity contribution in [1.29, 1.82) is 0 Å². The molecule has 0 unspecified atom stereocenters. The Labute approximate surface area is 258 Å². The molecule has 0 atom stereocenters. The van der Waals surface area contributed by atoms with Crippen molar-refractivity contribution in [2.75, 3.05) is 31.2 Å². The molecular weight excluding hydrogens is 598 g/mol. The van der Waals surface area contributed by atoms with E-state index in [1.165, 1.54) is 6.07 Å². The number of halogens is 3. The third-order valence-corrected chi connectivity index (χ3v) is 7.88. The van der Waals surface area contributed by atoms with E-state index >= 15 is 0 Å². The van der Waals surface area contributed by atoms with Crippen LogP contribution < -0.4 is 14.8 Å². The fourth-order valence-electron chi connectivity index (χ4n) is 4.89. The highest BCUT2D eigenvalue weighted by atomic mass is 35.5. The topological polar surface area (TPSA) is 91.0 Å². The number of carbonyl (C=O) groups excluding carboxylic acids is 1. The predicted octanol–water partition coefficient (Wildman–Crippen LogP) is 6.53. The first-order chi connectivity index (χ1) is 20.1. The number of piperidine rings is 1. The van der Waals surface area contributed by atoms with Crippen LogP contribution in [0.4, 0.5) is 19.3 Å². The molecule has 0 saturated carbocycles. The van der Waals surface area contributed by atoms with Crippen LogP contribution in [0.1, 0.15) is 43.7 Å². The maximum atomic E-state index is 14.1. The number of benzene rings is 3. The second-order valence-electron chi connectivity index (χ2n) is 10.6. The van der Waals surface area contributed by atoms with Gasteiger partial charge in [-0.05, 0) is 66.8 Å². The average Bonchev–Trinajstić information content (AvgIpc) is 2.96. The molecule has 0 bridgehead atoms. The quantitative estimate of drug-likeness (QED) is 0.236. The number of nitrogens with one attached hydrogen (secondary N) is 2. The van der Waals surface area contributed by atoms with Gasteiger partial charge in [0.15, 0.2) is 0 Å². The monoisotopic (exact) mass is 636 g/mol. The Balaban J connectivity index is 0.00000506. The van der Waals surface area contributed by atoms with E-state index in [4.69, 9.17) is 4.74 Å². The maximum absolute atomic E-state index is 14.1. The van der Waals surface area contributed by atoms with Crippen molar-refractivity contribution < 1.29 is 26.7 Å². The molecule has 1 fully saturated rings. The highest BCUT2D eigenvalue weighted by molar-refractivity contribution is 7.88. The number of amides is 2. The number of anilines is 1. The summed E-state index contributed by atoms with van der Waals surface area (Å²) in [5.74, 6) is -0.111. The fourth-order valence-corrected chi connectivity index (χ4v) is 5.32. The van der Waals surface area contributed by atoms with Crippen LogP contribution in [0, 0.1) is 11.6 Å². The Morgan fingerprint density at radius 1 is 0.977 bits per heavy atom. The number of unbranched alkanes of at least 4 members (excludes halogenated alkanes) is 1. The zero-order valence-corrected chi connectivity index (χ0v) is 26.0. The number of ether oxygens (including phenoxy) is 1. The van der Waals surface area contributed by atoms with Gasteiger partial charge < -0.3 is 15.0 Å². The van der Waals surface area contributed by atoms with Gasteiger partial charge >= 0.3 is 6.03 Å². The lowest BCUT2D eigenvalue weighted by Gasteiger charge is -2.38.